The quantitative estimate of drug-likeness (QED) is 0.842. The van der Waals surface area contributed by atoms with Gasteiger partial charge in [-0.05, 0) is 24.6 Å². The Kier molecular flexibility index (Phi) is 3.88. The van der Waals surface area contributed by atoms with Crippen molar-refractivity contribution in [3.8, 4) is 0 Å². The average Bonchev–Trinajstić information content (AvgIpc) is 2.65. The second kappa shape index (κ2) is 5.76. The third-order valence-electron chi connectivity index (χ3n) is 3.78. The molecule has 24 heavy (non-hydrogen) atoms. The largest absolute Gasteiger partial charge is 0.416 e. The van der Waals surface area contributed by atoms with E-state index in [2.05, 4.69) is 10.3 Å². The lowest BCUT2D eigenvalue weighted by molar-refractivity contribution is -0.137. The minimum absolute atomic E-state index is 0.253. The fourth-order valence-electron chi connectivity index (χ4n) is 2.57. The molecule has 0 spiro atoms. The van der Waals surface area contributed by atoms with Crippen LogP contribution in [0, 0.1) is 6.92 Å². The molecule has 1 unspecified atom stereocenters. The molecule has 2 aromatic rings. The Balaban J connectivity index is 2.22. The number of amides is 1. The van der Waals surface area contributed by atoms with Gasteiger partial charge < -0.3 is 11.1 Å². The van der Waals surface area contributed by atoms with Gasteiger partial charge in [-0.15, -0.1) is 0 Å². The molecular formula is C17H14F3N3O. The Morgan fingerprint density at radius 2 is 1.88 bits per heavy atom. The zero-order valence-electron chi connectivity index (χ0n) is 12.7. The lowest BCUT2D eigenvalue weighted by Gasteiger charge is -2.13. The smallest absolute Gasteiger partial charge is 0.322 e. The number of hydrogen-bond donors (Lipinski definition) is 2. The zero-order valence-corrected chi connectivity index (χ0v) is 12.7. The summed E-state index contributed by atoms with van der Waals surface area (Å²) >= 11 is 0. The first-order valence-electron chi connectivity index (χ1n) is 7.19. The van der Waals surface area contributed by atoms with E-state index in [1.807, 2.05) is 0 Å². The Labute approximate surface area is 136 Å². The molecule has 124 valence electrons. The highest BCUT2D eigenvalue weighted by Gasteiger charge is 2.31. The molecule has 0 saturated heterocycles. The molecule has 0 aromatic heterocycles. The Hall–Kier alpha value is -2.67. The maximum absolute atomic E-state index is 13.0. The highest BCUT2D eigenvalue weighted by molar-refractivity contribution is 6.20. The van der Waals surface area contributed by atoms with Crippen molar-refractivity contribution in [3.05, 3.63) is 64.7 Å². The number of carbonyl (C=O) groups excluding carboxylic acids is 1. The highest BCUT2D eigenvalue weighted by Crippen LogP contribution is 2.32. The molecule has 2 aromatic carbocycles. The minimum Gasteiger partial charge on any atom is -0.322 e. The normalized spacial score (nSPS) is 17.6. The van der Waals surface area contributed by atoms with E-state index < -0.39 is 23.8 Å². The number of nitrogens with zero attached hydrogens (tertiary/aromatic N) is 1. The van der Waals surface area contributed by atoms with E-state index in [9.17, 15) is 18.0 Å². The van der Waals surface area contributed by atoms with Gasteiger partial charge >= 0.3 is 6.18 Å². The van der Waals surface area contributed by atoms with Crippen molar-refractivity contribution in [1.82, 2.24) is 0 Å². The number of aliphatic imine (C=N–C) groups is 1. The van der Waals surface area contributed by atoms with Crippen molar-refractivity contribution >= 4 is 17.3 Å². The second-order valence-electron chi connectivity index (χ2n) is 5.49. The van der Waals surface area contributed by atoms with E-state index in [4.69, 9.17) is 5.73 Å². The molecule has 0 radical (unpaired) electrons. The fraction of sp³-hybridized carbons (Fsp3) is 0.176. The van der Waals surface area contributed by atoms with Crippen molar-refractivity contribution in [2.45, 2.75) is 19.3 Å². The van der Waals surface area contributed by atoms with Gasteiger partial charge in [-0.3, -0.25) is 9.79 Å². The first-order valence-corrected chi connectivity index (χ1v) is 7.19. The van der Waals surface area contributed by atoms with E-state index in [0.717, 1.165) is 17.7 Å². The average molecular weight is 333 g/mol. The van der Waals surface area contributed by atoms with Crippen LogP contribution in [0.15, 0.2) is 47.5 Å². The van der Waals surface area contributed by atoms with E-state index >= 15 is 0 Å². The molecule has 3 N–H and O–H groups in total. The Morgan fingerprint density at radius 3 is 2.58 bits per heavy atom. The zero-order chi connectivity index (χ0) is 17.5. The first kappa shape index (κ1) is 16.2. The van der Waals surface area contributed by atoms with Crippen molar-refractivity contribution in [1.29, 1.82) is 0 Å². The van der Waals surface area contributed by atoms with Crippen LogP contribution >= 0.6 is 0 Å². The van der Waals surface area contributed by atoms with Crippen LogP contribution in [0.1, 0.15) is 22.3 Å². The number of alkyl halides is 3. The molecule has 1 aliphatic heterocycles. The summed E-state index contributed by atoms with van der Waals surface area (Å²) in [6.45, 7) is 1.79. The lowest BCUT2D eigenvalue weighted by atomic mass is 9.97. The van der Waals surface area contributed by atoms with Gasteiger partial charge in [0.2, 0.25) is 0 Å². The summed E-state index contributed by atoms with van der Waals surface area (Å²) in [7, 11) is 0. The van der Waals surface area contributed by atoms with Crippen LogP contribution in [0.2, 0.25) is 0 Å². The SMILES string of the molecule is Cc1cccc2c1NC(=O)C(N)N=C2c1cccc(C(F)(F)F)c1. The number of carbonyl (C=O) groups is 1. The summed E-state index contributed by atoms with van der Waals surface area (Å²) in [6.07, 6.45) is -5.66. The van der Waals surface area contributed by atoms with Crippen LogP contribution in [0.3, 0.4) is 0 Å². The predicted octanol–water partition coefficient (Wildman–Crippen LogP) is 3.09. The van der Waals surface area contributed by atoms with Crippen LogP contribution in [0.5, 0.6) is 0 Å². The third-order valence-corrected chi connectivity index (χ3v) is 3.78. The number of fused-ring (bicyclic) bond motifs is 1. The molecule has 0 fully saturated rings. The van der Waals surface area contributed by atoms with Gasteiger partial charge in [0.05, 0.1) is 17.0 Å². The minimum atomic E-state index is -4.47. The summed E-state index contributed by atoms with van der Waals surface area (Å²) < 4.78 is 38.9. The molecule has 4 nitrogen and oxygen atoms in total. The monoisotopic (exact) mass is 333 g/mol. The summed E-state index contributed by atoms with van der Waals surface area (Å²) in [4.78, 5) is 16.2. The maximum atomic E-state index is 13.0. The topological polar surface area (TPSA) is 67.5 Å². The highest BCUT2D eigenvalue weighted by atomic mass is 19.4. The van der Waals surface area contributed by atoms with Gasteiger partial charge in [0, 0.05) is 11.1 Å². The third kappa shape index (κ3) is 2.90. The maximum Gasteiger partial charge on any atom is 0.416 e. The van der Waals surface area contributed by atoms with E-state index in [1.165, 1.54) is 12.1 Å². The van der Waals surface area contributed by atoms with E-state index in [0.29, 0.717) is 11.3 Å². The summed E-state index contributed by atoms with van der Waals surface area (Å²) in [5.41, 5.74) is 7.28. The van der Waals surface area contributed by atoms with Gasteiger partial charge in [0.15, 0.2) is 6.17 Å². The van der Waals surface area contributed by atoms with E-state index in [1.54, 1.807) is 25.1 Å². The van der Waals surface area contributed by atoms with Crippen LogP contribution in [0.25, 0.3) is 0 Å². The number of benzodiazepines with no additional fused rings is 1. The molecule has 1 heterocycles. The summed E-state index contributed by atoms with van der Waals surface area (Å²) in [5.74, 6) is -0.507. The molecule has 1 atom stereocenters. The number of halogens is 3. The first-order chi connectivity index (χ1) is 11.3. The molecule has 0 saturated carbocycles. The number of hydrogen-bond acceptors (Lipinski definition) is 3. The number of para-hydroxylation sites is 1. The van der Waals surface area contributed by atoms with Gasteiger partial charge in [-0.1, -0.05) is 30.3 Å². The lowest BCUT2D eigenvalue weighted by Crippen LogP contribution is -2.33. The van der Waals surface area contributed by atoms with Gasteiger partial charge in [-0.2, -0.15) is 13.2 Å². The molecule has 1 aliphatic rings. The Morgan fingerprint density at radius 1 is 1.17 bits per heavy atom. The number of anilines is 1. The molecule has 7 heteroatoms. The van der Waals surface area contributed by atoms with Crippen molar-refractivity contribution < 1.29 is 18.0 Å². The number of nitrogens with two attached hydrogens (primary N) is 1. The molecule has 3 rings (SSSR count). The number of nitrogens with one attached hydrogen (secondary N) is 1. The number of aryl methyl sites for hydroxylation is 1. The summed E-state index contributed by atoms with van der Waals surface area (Å²) in [6, 6.07) is 10.1. The molecule has 0 aliphatic carbocycles. The van der Waals surface area contributed by atoms with E-state index in [-0.39, 0.29) is 11.3 Å². The van der Waals surface area contributed by atoms with Crippen LogP contribution < -0.4 is 11.1 Å². The van der Waals surface area contributed by atoms with Gasteiger partial charge in [0.25, 0.3) is 5.91 Å². The van der Waals surface area contributed by atoms with Crippen LogP contribution in [-0.4, -0.2) is 17.8 Å². The molecule has 0 bridgehead atoms. The fourth-order valence-corrected chi connectivity index (χ4v) is 2.57. The second-order valence-corrected chi connectivity index (χ2v) is 5.49. The van der Waals surface area contributed by atoms with Gasteiger partial charge in [-0.25, -0.2) is 0 Å². The number of rotatable bonds is 1. The Bertz CT molecular complexity index is 843. The van der Waals surface area contributed by atoms with Crippen molar-refractivity contribution in [2.75, 3.05) is 5.32 Å². The van der Waals surface area contributed by atoms with Gasteiger partial charge in [0.1, 0.15) is 0 Å². The van der Waals surface area contributed by atoms with Crippen molar-refractivity contribution in [3.63, 3.8) is 0 Å². The molecule has 1 amide bonds. The standard InChI is InChI=1S/C17H14F3N3O/c1-9-4-2-7-12-13(9)23-16(24)15(21)22-14(12)10-5-3-6-11(8-10)17(18,19)20/h2-8,15H,21H2,1H3,(H,23,24). The van der Waals surface area contributed by atoms with Crippen molar-refractivity contribution in [2.24, 2.45) is 10.7 Å². The van der Waals surface area contributed by atoms with Crippen LogP contribution in [0.4, 0.5) is 18.9 Å². The molecular weight excluding hydrogens is 319 g/mol. The van der Waals surface area contributed by atoms with Crippen LogP contribution in [-0.2, 0) is 11.0 Å². The summed E-state index contributed by atoms with van der Waals surface area (Å²) in [5, 5.41) is 2.68. The number of benzene rings is 2. The predicted molar refractivity (Wildman–Crippen MR) is 84.9 cm³/mol.